The lowest BCUT2D eigenvalue weighted by atomic mass is 10.2. The highest BCUT2D eigenvalue weighted by atomic mass is 79.9. The molecule has 0 bridgehead atoms. The maximum Gasteiger partial charge on any atom is 0.259 e. The molecule has 2 amide bonds. The number of amides is 2. The number of rotatable bonds is 9. The molecule has 0 heterocycles. The van der Waals surface area contributed by atoms with Crippen LogP contribution < -0.4 is 15.5 Å². The van der Waals surface area contributed by atoms with E-state index >= 15 is 0 Å². The molecule has 148 valence electrons. The van der Waals surface area contributed by atoms with Crippen LogP contribution in [0.5, 0.6) is 11.5 Å². The number of carbonyl (C=O) groups is 2. The van der Waals surface area contributed by atoms with E-state index < -0.39 is 5.91 Å². The number of ether oxygens (including phenoxy) is 1. The van der Waals surface area contributed by atoms with Gasteiger partial charge in [-0.1, -0.05) is 29.3 Å². The number of benzene rings is 2. The van der Waals surface area contributed by atoms with Gasteiger partial charge in [-0.05, 0) is 48.9 Å². The zero-order valence-electron chi connectivity index (χ0n) is 15.4. The van der Waals surface area contributed by atoms with Gasteiger partial charge in [0.15, 0.2) is 0 Å². The van der Waals surface area contributed by atoms with Crippen molar-refractivity contribution < 1.29 is 19.4 Å². The first-order valence-corrected chi connectivity index (χ1v) is 9.60. The van der Waals surface area contributed by atoms with Crippen LogP contribution in [0.1, 0.15) is 35.7 Å². The molecule has 0 saturated carbocycles. The SMILES string of the molecule is CCCCOc1ccc(C(=O)NCC(=O)N/N=C\c2cc(Br)ccc2O)cc1. The Kier molecular flexibility index (Phi) is 8.48. The van der Waals surface area contributed by atoms with Crippen molar-refractivity contribution in [2.75, 3.05) is 13.2 Å². The molecule has 0 fully saturated rings. The van der Waals surface area contributed by atoms with E-state index in [1.165, 1.54) is 12.3 Å². The van der Waals surface area contributed by atoms with Gasteiger partial charge in [0.2, 0.25) is 0 Å². The van der Waals surface area contributed by atoms with Crippen LogP contribution in [0.15, 0.2) is 52.0 Å². The first-order chi connectivity index (χ1) is 13.5. The van der Waals surface area contributed by atoms with E-state index in [2.05, 4.69) is 38.7 Å². The summed E-state index contributed by atoms with van der Waals surface area (Å²) in [6, 6.07) is 11.6. The van der Waals surface area contributed by atoms with Crippen molar-refractivity contribution in [2.24, 2.45) is 5.10 Å². The van der Waals surface area contributed by atoms with Crippen LogP contribution in [0.4, 0.5) is 0 Å². The highest BCUT2D eigenvalue weighted by Crippen LogP contribution is 2.19. The molecule has 0 saturated heterocycles. The predicted octanol–water partition coefficient (Wildman–Crippen LogP) is 3.21. The third-order valence-electron chi connectivity index (χ3n) is 3.68. The number of hydrogen-bond acceptors (Lipinski definition) is 5. The molecule has 2 aromatic carbocycles. The van der Waals surface area contributed by atoms with E-state index in [4.69, 9.17) is 4.74 Å². The molecule has 7 nitrogen and oxygen atoms in total. The van der Waals surface area contributed by atoms with Gasteiger partial charge < -0.3 is 15.2 Å². The van der Waals surface area contributed by atoms with Gasteiger partial charge in [0.1, 0.15) is 11.5 Å². The molecule has 2 aromatic rings. The molecule has 0 spiro atoms. The Morgan fingerprint density at radius 3 is 2.68 bits per heavy atom. The molecule has 2 rings (SSSR count). The van der Waals surface area contributed by atoms with Crippen LogP contribution >= 0.6 is 15.9 Å². The largest absolute Gasteiger partial charge is 0.507 e. The number of phenolic OH excluding ortho intramolecular Hbond substituents is 1. The summed E-state index contributed by atoms with van der Waals surface area (Å²) in [7, 11) is 0. The molecule has 3 N–H and O–H groups in total. The quantitative estimate of drug-likeness (QED) is 0.312. The first-order valence-electron chi connectivity index (χ1n) is 8.81. The van der Waals surface area contributed by atoms with Crippen LogP contribution in [0.3, 0.4) is 0 Å². The Morgan fingerprint density at radius 1 is 1.21 bits per heavy atom. The summed E-state index contributed by atoms with van der Waals surface area (Å²) in [5, 5.41) is 16.0. The lowest BCUT2D eigenvalue weighted by molar-refractivity contribution is -0.120. The van der Waals surface area contributed by atoms with Crippen LogP contribution in [0, 0.1) is 0 Å². The summed E-state index contributed by atoms with van der Waals surface area (Å²) < 4.78 is 6.31. The zero-order valence-corrected chi connectivity index (χ0v) is 17.0. The average molecular weight is 448 g/mol. The summed E-state index contributed by atoms with van der Waals surface area (Å²) in [5.41, 5.74) is 3.17. The summed E-state index contributed by atoms with van der Waals surface area (Å²) in [4.78, 5) is 23.9. The molecule has 28 heavy (non-hydrogen) atoms. The fourth-order valence-corrected chi connectivity index (χ4v) is 2.52. The fourth-order valence-electron chi connectivity index (χ4n) is 2.14. The zero-order chi connectivity index (χ0) is 20.4. The Hall–Kier alpha value is -2.87. The number of phenols is 1. The second kappa shape index (κ2) is 11.1. The standard InChI is InChI=1S/C20H22BrN3O4/c1-2-3-10-28-17-7-4-14(5-8-17)20(27)22-13-19(26)24-23-12-15-11-16(21)6-9-18(15)25/h4-9,11-12,25H,2-3,10,13H2,1H3,(H,22,27)(H,24,26)/b23-12-. The molecular formula is C20H22BrN3O4. The van der Waals surface area contributed by atoms with E-state index in [1.54, 1.807) is 36.4 Å². The fraction of sp³-hybridized carbons (Fsp3) is 0.250. The van der Waals surface area contributed by atoms with Crippen molar-refractivity contribution >= 4 is 34.0 Å². The molecule has 0 aromatic heterocycles. The molecule has 0 atom stereocenters. The normalized spacial score (nSPS) is 10.6. The number of unbranched alkanes of at least 4 members (excludes halogenated alkanes) is 1. The third kappa shape index (κ3) is 7.03. The number of nitrogens with one attached hydrogen (secondary N) is 2. The van der Waals surface area contributed by atoms with Crippen molar-refractivity contribution in [3.63, 3.8) is 0 Å². The van der Waals surface area contributed by atoms with Gasteiger partial charge in [-0.25, -0.2) is 5.43 Å². The Balaban J connectivity index is 1.78. The van der Waals surface area contributed by atoms with Crippen LogP contribution in [-0.4, -0.2) is 36.3 Å². The summed E-state index contributed by atoms with van der Waals surface area (Å²) >= 11 is 3.28. The van der Waals surface area contributed by atoms with Gasteiger partial charge in [0.05, 0.1) is 19.4 Å². The van der Waals surface area contributed by atoms with Gasteiger partial charge in [-0.15, -0.1) is 0 Å². The molecule has 8 heteroatoms. The van der Waals surface area contributed by atoms with Crippen LogP contribution in [-0.2, 0) is 4.79 Å². The topological polar surface area (TPSA) is 100 Å². The van der Waals surface area contributed by atoms with Crippen molar-refractivity contribution in [3.05, 3.63) is 58.1 Å². The van der Waals surface area contributed by atoms with Crippen molar-refractivity contribution in [1.82, 2.24) is 10.7 Å². The van der Waals surface area contributed by atoms with E-state index in [-0.39, 0.29) is 18.2 Å². The second-order valence-corrected chi connectivity index (χ2v) is 6.82. The highest BCUT2D eigenvalue weighted by Gasteiger charge is 2.08. The highest BCUT2D eigenvalue weighted by molar-refractivity contribution is 9.10. The molecular weight excluding hydrogens is 426 g/mol. The average Bonchev–Trinajstić information content (AvgIpc) is 2.69. The Bertz CT molecular complexity index is 838. The number of halogens is 1. The van der Waals surface area contributed by atoms with Gasteiger partial charge in [-0.3, -0.25) is 9.59 Å². The molecule has 0 aliphatic heterocycles. The molecule has 0 radical (unpaired) electrons. The van der Waals surface area contributed by atoms with Crippen molar-refractivity contribution in [3.8, 4) is 11.5 Å². The smallest absolute Gasteiger partial charge is 0.259 e. The minimum Gasteiger partial charge on any atom is -0.507 e. The van der Waals surface area contributed by atoms with Gasteiger partial charge in [0.25, 0.3) is 11.8 Å². The second-order valence-electron chi connectivity index (χ2n) is 5.91. The van der Waals surface area contributed by atoms with Gasteiger partial charge in [0, 0.05) is 15.6 Å². The van der Waals surface area contributed by atoms with Crippen LogP contribution in [0.25, 0.3) is 0 Å². The summed E-state index contributed by atoms with van der Waals surface area (Å²) in [5.74, 6) is -0.119. The van der Waals surface area contributed by atoms with E-state index in [0.29, 0.717) is 23.5 Å². The third-order valence-corrected chi connectivity index (χ3v) is 4.17. The number of nitrogens with zero attached hydrogens (tertiary/aromatic N) is 1. The number of carbonyl (C=O) groups excluding carboxylic acids is 2. The minimum atomic E-state index is -0.487. The monoisotopic (exact) mass is 447 g/mol. The van der Waals surface area contributed by atoms with Crippen LogP contribution in [0.2, 0.25) is 0 Å². The van der Waals surface area contributed by atoms with E-state index in [1.807, 2.05) is 0 Å². The molecule has 0 aliphatic rings. The number of hydrogen-bond donors (Lipinski definition) is 3. The minimum absolute atomic E-state index is 0.0385. The Morgan fingerprint density at radius 2 is 1.96 bits per heavy atom. The maximum atomic E-state index is 12.1. The van der Waals surface area contributed by atoms with E-state index in [9.17, 15) is 14.7 Å². The first kappa shape index (κ1) is 21.4. The predicted molar refractivity (Wildman–Crippen MR) is 111 cm³/mol. The molecule has 0 aliphatic carbocycles. The Labute approximate surface area is 171 Å². The van der Waals surface area contributed by atoms with Crippen molar-refractivity contribution in [1.29, 1.82) is 0 Å². The summed E-state index contributed by atoms with van der Waals surface area (Å²) in [6.45, 7) is 2.50. The van der Waals surface area contributed by atoms with Gasteiger partial charge >= 0.3 is 0 Å². The van der Waals surface area contributed by atoms with Crippen molar-refractivity contribution in [2.45, 2.75) is 19.8 Å². The number of hydrazone groups is 1. The number of aromatic hydroxyl groups is 1. The maximum absolute atomic E-state index is 12.1. The van der Waals surface area contributed by atoms with E-state index in [0.717, 1.165) is 17.3 Å². The summed E-state index contributed by atoms with van der Waals surface area (Å²) in [6.07, 6.45) is 3.34. The van der Waals surface area contributed by atoms with Gasteiger partial charge in [-0.2, -0.15) is 5.10 Å². The lowest BCUT2D eigenvalue weighted by Gasteiger charge is -2.07. The lowest BCUT2D eigenvalue weighted by Crippen LogP contribution is -2.34. The molecule has 0 unspecified atom stereocenters.